The quantitative estimate of drug-likeness (QED) is 0.329. The number of carbonyl (C=O) groups excluding carboxylic acids is 2. The fourth-order valence-corrected chi connectivity index (χ4v) is 3.26. The number of hydrogen-bond acceptors (Lipinski definition) is 5. The summed E-state index contributed by atoms with van der Waals surface area (Å²) in [6.45, 7) is 3.27. The third-order valence-corrected chi connectivity index (χ3v) is 4.76. The van der Waals surface area contributed by atoms with Crippen molar-refractivity contribution in [3.8, 4) is 0 Å². The second-order valence-electron chi connectivity index (χ2n) is 5.64. The Hall–Kier alpha value is -1.68. The van der Waals surface area contributed by atoms with Crippen molar-refractivity contribution in [2.45, 2.75) is 64.5 Å². The average Bonchev–Trinajstić information content (AvgIpc) is 2.45. The first-order chi connectivity index (χ1) is 11.1. The van der Waals surface area contributed by atoms with E-state index >= 15 is 0 Å². The molecule has 5 N–H and O–H groups in total. The van der Waals surface area contributed by atoms with E-state index in [-0.39, 0.29) is 5.75 Å². The van der Waals surface area contributed by atoms with Crippen LogP contribution in [0.25, 0.3) is 0 Å². The van der Waals surface area contributed by atoms with Gasteiger partial charge in [-0.15, -0.1) is 0 Å². The van der Waals surface area contributed by atoms with E-state index in [1.165, 1.54) is 6.92 Å². The lowest BCUT2D eigenvalue weighted by atomic mass is 10.2. The summed E-state index contributed by atoms with van der Waals surface area (Å²) >= 11 is 0. The highest BCUT2D eigenvalue weighted by Gasteiger charge is 2.28. The topological polar surface area (TPSA) is 156 Å². The van der Waals surface area contributed by atoms with Gasteiger partial charge < -0.3 is 16.2 Å². The number of aliphatic carboxylic acids is 1. The highest BCUT2D eigenvalue weighted by Crippen LogP contribution is 2.05. The van der Waals surface area contributed by atoms with Gasteiger partial charge in [0.05, 0.1) is 12.2 Å². The lowest BCUT2D eigenvalue weighted by molar-refractivity contribution is -0.141. The van der Waals surface area contributed by atoms with Gasteiger partial charge >= 0.3 is 5.97 Å². The lowest BCUT2D eigenvalue weighted by Crippen LogP contribution is -2.52. The normalized spacial score (nSPS) is 13.9. The molecular weight excluding hydrogens is 338 g/mol. The van der Waals surface area contributed by atoms with Gasteiger partial charge in [0.2, 0.25) is 21.8 Å². The first-order valence-electron chi connectivity index (χ1n) is 7.90. The zero-order valence-electron chi connectivity index (χ0n) is 14.1. The molecule has 0 rings (SSSR count). The number of nitrogens with one attached hydrogen (secondary N) is 2. The van der Waals surface area contributed by atoms with Crippen LogP contribution in [0.3, 0.4) is 0 Å². The molecule has 0 aliphatic carbocycles. The maximum absolute atomic E-state index is 12.0. The number of sulfonamides is 1. The second kappa shape index (κ2) is 11.0. The van der Waals surface area contributed by atoms with Gasteiger partial charge in [-0.1, -0.05) is 32.6 Å². The minimum Gasteiger partial charge on any atom is -0.480 e. The molecule has 0 aromatic rings. The second-order valence-corrected chi connectivity index (χ2v) is 7.52. The van der Waals surface area contributed by atoms with Gasteiger partial charge in [-0.3, -0.25) is 14.4 Å². The van der Waals surface area contributed by atoms with Crippen molar-refractivity contribution in [1.29, 1.82) is 0 Å². The summed E-state index contributed by atoms with van der Waals surface area (Å²) in [4.78, 5) is 33.8. The molecule has 0 heterocycles. The number of amides is 2. The van der Waals surface area contributed by atoms with E-state index in [9.17, 15) is 22.8 Å². The van der Waals surface area contributed by atoms with Crippen LogP contribution in [0, 0.1) is 0 Å². The molecule has 140 valence electrons. The molecule has 2 amide bonds. The van der Waals surface area contributed by atoms with E-state index < -0.39 is 46.3 Å². The van der Waals surface area contributed by atoms with Crippen LogP contribution in [0.15, 0.2) is 0 Å². The molecule has 0 aromatic carbocycles. The summed E-state index contributed by atoms with van der Waals surface area (Å²) < 4.78 is 26.2. The number of rotatable bonds is 13. The molecule has 0 fully saturated rings. The van der Waals surface area contributed by atoms with Crippen LogP contribution in [0.2, 0.25) is 0 Å². The Morgan fingerprint density at radius 3 is 2.21 bits per heavy atom. The maximum Gasteiger partial charge on any atom is 0.325 e. The van der Waals surface area contributed by atoms with Crippen LogP contribution in [0.4, 0.5) is 0 Å². The van der Waals surface area contributed by atoms with E-state index in [4.69, 9.17) is 10.8 Å². The fourth-order valence-electron chi connectivity index (χ4n) is 1.94. The molecule has 0 saturated heterocycles. The molecule has 0 saturated carbocycles. The predicted octanol–water partition coefficient (Wildman–Crippen LogP) is -0.290. The Labute approximate surface area is 142 Å². The molecule has 0 radical (unpaired) electrons. The number of nitrogens with two attached hydrogens (primary N) is 1. The highest BCUT2D eigenvalue weighted by atomic mass is 32.2. The molecule has 10 heteroatoms. The maximum atomic E-state index is 12.0. The van der Waals surface area contributed by atoms with Gasteiger partial charge in [-0.25, -0.2) is 13.1 Å². The summed E-state index contributed by atoms with van der Waals surface area (Å²) in [7, 11) is -3.78. The van der Waals surface area contributed by atoms with Gasteiger partial charge in [-0.05, 0) is 13.3 Å². The first-order valence-corrected chi connectivity index (χ1v) is 9.55. The van der Waals surface area contributed by atoms with Crippen molar-refractivity contribution in [2.75, 3.05) is 5.75 Å². The van der Waals surface area contributed by atoms with Crippen LogP contribution in [-0.4, -0.2) is 49.1 Å². The number of carboxylic acid groups (broad SMARTS) is 1. The third kappa shape index (κ3) is 10.2. The first kappa shape index (κ1) is 22.3. The van der Waals surface area contributed by atoms with E-state index in [1.807, 2.05) is 6.92 Å². The molecule has 0 spiro atoms. The molecule has 9 nitrogen and oxygen atoms in total. The number of primary amides is 1. The highest BCUT2D eigenvalue weighted by molar-refractivity contribution is 7.89. The van der Waals surface area contributed by atoms with Crippen LogP contribution in [0.5, 0.6) is 0 Å². The van der Waals surface area contributed by atoms with Gasteiger partial charge in [0.1, 0.15) is 12.1 Å². The van der Waals surface area contributed by atoms with Crippen LogP contribution < -0.4 is 15.8 Å². The van der Waals surface area contributed by atoms with Crippen molar-refractivity contribution in [3.05, 3.63) is 0 Å². The average molecular weight is 365 g/mol. The number of carboxylic acids is 1. The largest absolute Gasteiger partial charge is 0.480 e. The number of unbranched alkanes of at least 4 members (excludes halogenated alkanes) is 4. The van der Waals surface area contributed by atoms with Gasteiger partial charge in [0.25, 0.3) is 0 Å². The molecule has 24 heavy (non-hydrogen) atoms. The van der Waals surface area contributed by atoms with Crippen LogP contribution in [0.1, 0.15) is 52.4 Å². The van der Waals surface area contributed by atoms with Crippen molar-refractivity contribution in [1.82, 2.24) is 10.0 Å². The van der Waals surface area contributed by atoms with Crippen molar-refractivity contribution in [3.63, 3.8) is 0 Å². The number of hydrogen-bond donors (Lipinski definition) is 4. The van der Waals surface area contributed by atoms with Crippen molar-refractivity contribution in [2.24, 2.45) is 5.73 Å². The van der Waals surface area contributed by atoms with E-state index in [2.05, 4.69) is 10.0 Å². The zero-order chi connectivity index (χ0) is 18.8. The van der Waals surface area contributed by atoms with Crippen LogP contribution >= 0.6 is 0 Å². The zero-order valence-corrected chi connectivity index (χ0v) is 14.9. The van der Waals surface area contributed by atoms with Crippen molar-refractivity contribution < 1.29 is 27.9 Å². The minimum absolute atomic E-state index is 0.173. The molecule has 0 aliphatic heterocycles. The summed E-state index contributed by atoms with van der Waals surface area (Å²) in [6.07, 6.45) is 3.62. The molecule has 0 aliphatic rings. The smallest absolute Gasteiger partial charge is 0.325 e. The number of carbonyl (C=O) groups is 3. The standard InChI is InChI=1S/C14H27N3O6S/c1-3-4-5-6-7-8-24(22,23)17-11(9-12(15)18)13(19)16-10(2)14(20)21/h10-11,17H,3-9H2,1-2H3,(H2,15,18)(H,16,19)(H,20,21). The Kier molecular flexibility index (Phi) is 10.2. The predicted molar refractivity (Wildman–Crippen MR) is 88.5 cm³/mol. The fraction of sp³-hybridized carbons (Fsp3) is 0.786. The van der Waals surface area contributed by atoms with E-state index in [0.717, 1.165) is 25.7 Å². The Morgan fingerprint density at radius 2 is 1.71 bits per heavy atom. The molecule has 2 unspecified atom stereocenters. The van der Waals surface area contributed by atoms with E-state index in [1.54, 1.807) is 0 Å². The monoisotopic (exact) mass is 365 g/mol. The Morgan fingerprint density at radius 1 is 1.12 bits per heavy atom. The minimum atomic E-state index is -3.78. The Bertz CT molecular complexity index is 535. The molecule has 0 aromatic heterocycles. The van der Waals surface area contributed by atoms with Gasteiger partial charge in [0.15, 0.2) is 0 Å². The lowest BCUT2D eigenvalue weighted by Gasteiger charge is -2.18. The SMILES string of the molecule is CCCCCCCS(=O)(=O)NC(CC(N)=O)C(=O)NC(C)C(=O)O. The Balaban J connectivity index is 4.72. The van der Waals surface area contributed by atoms with Crippen molar-refractivity contribution >= 4 is 27.8 Å². The van der Waals surface area contributed by atoms with Gasteiger partial charge in [0, 0.05) is 0 Å². The molecular formula is C14H27N3O6S. The van der Waals surface area contributed by atoms with Crippen LogP contribution in [-0.2, 0) is 24.4 Å². The third-order valence-electron chi connectivity index (χ3n) is 3.29. The molecule has 2 atom stereocenters. The summed E-state index contributed by atoms with van der Waals surface area (Å²) in [5.41, 5.74) is 5.03. The summed E-state index contributed by atoms with van der Waals surface area (Å²) in [5, 5.41) is 10.9. The van der Waals surface area contributed by atoms with Gasteiger partial charge in [-0.2, -0.15) is 0 Å². The summed E-state index contributed by atoms with van der Waals surface area (Å²) in [5.74, 6) is -3.23. The summed E-state index contributed by atoms with van der Waals surface area (Å²) in [6, 6.07) is -2.64. The molecule has 0 bridgehead atoms. The van der Waals surface area contributed by atoms with E-state index in [0.29, 0.717) is 6.42 Å².